The molecule has 0 radical (unpaired) electrons. The van der Waals surface area contributed by atoms with E-state index < -0.39 is 29.4 Å². The molecule has 2 N–H and O–H groups in total. The Hall–Kier alpha value is 0.788. The molecule has 6 heteroatoms. The first-order chi connectivity index (χ1) is 8.74. The fourth-order valence-electron chi connectivity index (χ4n) is 5.39. The SMILES string of the molecule is C[Si](C)(C)[Si](C[C@@H](O)C1CCN1)([Si](C)(C)C)[Si](C)(C)C. The lowest BCUT2D eigenvalue weighted by Gasteiger charge is -2.59. The van der Waals surface area contributed by atoms with Crippen molar-refractivity contribution in [3.05, 3.63) is 0 Å². The highest BCUT2D eigenvalue weighted by molar-refractivity contribution is 7.89. The number of aliphatic hydroxyl groups excluding tert-OH is 1. The van der Waals surface area contributed by atoms with Gasteiger partial charge in [0.1, 0.15) is 0 Å². The van der Waals surface area contributed by atoms with E-state index in [-0.39, 0.29) is 6.10 Å². The van der Waals surface area contributed by atoms with Gasteiger partial charge in [0.05, 0.1) is 6.10 Å². The third-order valence-corrected chi connectivity index (χ3v) is 79.8. The lowest BCUT2D eigenvalue weighted by atomic mass is 10.0. The van der Waals surface area contributed by atoms with Crippen molar-refractivity contribution in [2.45, 2.75) is 83.5 Å². The van der Waals surface area contributed by atoms with Crippen molar-refractivity contribution in [1.82, 2.24) is 5.32 Å². The molecule has 1 saturated heterocycles. The summed E-state index contributed by atoms with van der Waals surface area (Å²) in [6, 6.07) is 1.58. The topological polar surface area (TPSA) is 32.3 Å². The molecule has 0 bridgehead atoms. The Bertz CT molecular complexity index is 301. The summed E-state index contributed by atoms with van der Waals surface area (Å²) in [4.78, 5) is 0. The highest BCUT2D eigenvalue weighted by Crippen LogP contribution is 2.41. The molecule has 20 heavy (non-hydrogen) atoms. The molecule has 0 saturated carbocycles. The molecule has 0 spiro atoms. The third-order valence-electron chi connectivity index (χ3n) is 5.68. The monoisotopic (exact) mass is 347 g/mol. The molecule has 2 nitrogen and oxygen atoms in total. The number of rotatable bonds is 6. The minimum atomic E-state index is -1.38. The summed E-state index contributed by atoms with van der Waals surface area (Å²) in [6.45, 7) is 23.2. The van der Waals surface area contributed by atoms with Gasteiger partial charge in [0.25, 0.3) is 0 Å². The van der Waals surface area contributed by atoms with Crippen molar-refractivity contribution >= 4 is 29.4 Å². The van der Waals surface area contributed by atoms with Crippen molar-refractivity contribution in [2.75, 3.05) is 6.54 Å². The van der Waals surface area contributed by atoms with Gasteiger partial charge in [0.2, 0.25) is 0 Å². The molecule has 0 aromatic carbocycles. The summed E-state index contributed by atoms with van der Waals surface area (Å²) in [5.41, 5.74) is 0. The number of hydrogen-bond donors (Lipinski definition) is 2. The Morgan fingerprint density at radius 1 is 0.900 bits per heavy atom. The average Bonchev–Trinajstić information content (AvgIpc) is 2.04. The van der Waals surface area contributed by atoms with E-state index in [1.54, 1.807) is 0 Å². The van der Waals surface area contributed by atoms with Crippen LogP contribution >= 0.6 is 0 Å². The fourth-order valence-corrected chi connectivity index (χ4v) is 103. The minimum Gasteiger partial charge on any atom is -0.392 e. The number of nitrogens with one attached hydrogen (secondary N) is 1. The zero-order valence-corrected chi connectivity index (χ0v) is 19.2. The lowest BCUT2D eigenvalue weighted by molar-refractivity contribution is 0.111. The molecule has 0 aliphatic carbocycles. The third kappa shape index (κ3) is 3.25. The second-order valence-corrected chi connectivity index (χ2v) is 51.2. The molecule has 0 aromatic heterocycles. The molecule has 0 aromatic rings. The molecule has 1 aliphatic rings. The average molecular weight is 348 g/mol. The van der Waals surface area contributed by atoms with Gasteiger partial charge in [-0.15, -0.1) is 0 Å². The van der Waals surface area contributed by atoms with Gasteiger partial charge in [-0.1, -0.05) is 58.9 Å². The van der Waals surface area contributed by atoms with Crippen LogP contribution in [0.1, 0.15) is 6.42 Å². The quantitative estimate of drug-likeness (QED) is 0.722. The predicted octanol–water partition coefficient (Wildman–Crippen LogP) is 3.41. The maximum Gasteiger partial charge on any atom is 0.0664 e. The van der Waals surface area contributed by atoms with Crippen LogP contribution in [0, 0.1) is 0 Å². The Morgan fingerprint density at radius 2 is 1.25 bits per heavy atom. The fraction of sp³-hybridized carbons (Fsp3) is 1.00. The van der Waals surface area contributed by atoms with Gasteiger partial charge in [0, 0.05) is 35.4 Å². The lowest BCUT2D eigenvalue weighted by Crippen LogP contribution is -2.83. The Labute approximate surface area is 130 Å². The Morgan fingerprint density at radius 3 is 1.45 bits per heavy atom. The summed E-state index contributed by atoms with van der Waals surface area (Å²) in [7, 11) is -3.69. The van der Waals surface area contributed by atoms with Gasteiger partial charge in [-0.3, -0.25) is 0 Å². The molecule has 1 heterocycles. The first-order valence-corrected chi connectivity index (χ1v) is 23.9. The summed E-state index contributed by atoms with van der Waals surface area (Å²) in [6.07, 6.45) is 1.09. The zero-order valence-electron chi connectivity index (χ0n) is 15.2. The first kappa shape index (κ1) is 18.8. The smallest absolute Gasteiger partial charge is 0.0664 e. The molecule has 1 rings (SSSR count). The van der Waals surface area contributed by atoms with Crippen molar-refractivity contribution < 1.29 is 5.11 Å². The van der Waals surface area contributed by atoms with Crippen LogP contribution in [-0.4, -0.2) is 53.2 Å². The highest BCUT2D eigenvalue weighted by Gasteiger charge is 2.62. The molecule has 120 valence electrons. The highest BCUT2D eigenvalue weighted by atomic mass is 29.9. The summed E-state index contributed by atoms with van der Waals surface area (Å²) >= 11 is 0. The van der Waals surface area contributed by atoms with E-state index in [0.717, 1.165) is 6.54 Å². The van der Waals surface area contributed by atoms with Crippen LogP contribution in [0.15, 0.2) is 0 Å². The second kappa shape index (κ2) is 5.77. The van der Waals surface area contributed by atoms with Crippen LogP contribution in [0.3, 0.4) is 0 Å². The largest absolute Gasteiger partial charge is 0.392 e. The van der Waals surface area contributed by atoms with Crippen molar-refractivity contribution in [3.8, 4) is 0 Å². The van der Waals surface area contributed by atoms with Crippen molar-refractivity contribution in [1.29, 1.82) is 0 Å². The molecule has 1 fully saturated rings. The molecule has 1 aliphatic heterocycles. The van der Waals surface area contributed by atoms with E-state index in [1.165, 1.54) is 12.5 Å². The van der Waals surface area contributed by atoms with E-state index in [1.807, 2.05) is 0 Å². The van der Waals surface area contributed by atoms with Crippen LogP contribution in [0.4, 0.5) is 0 Å². The van der Waals surface area contributed by atoms with Gasteiger partial charge in [-0.2, -0.15) is 0 Å². The molecular formula is C14H37NOSi4. The number of hydrogen-bond acceptors (Lipinski definition) is 2. The van der Waals surface area contributed by atoms with E-state index in [4.69, 9.17) is 0 Å². The van der Waals surface area contributed by atoms with Crippen LogP contribution < -0.4 is 5.32 Å². The van der Waals surface area contributed by atoms with Crippen LogP contribution in [0.5, 0.6) is 0 Å². The maximum atomic E-state index is 10.8. The van der Waals surface area contributed by atoms with Crippen LogP contribution in [0.25, 0.3) is 0 Å². The van der Waals surface area contributed by atoms with Crippen LogP contribution in [-0.2, 0) is 0 Å². The van der Waals surface area contributed by atoms with E-state index in [9.17, 15) is 5.11 Å². The standard InChI is InChI=1S/C14H37NOSi4/c1-17(2,3)20(18(4,5)6,19(7,8)9)12-14(16)13-10-11-15-13/h13-16H,10-12H2,1-9H3/t13?,14-/m1/s1. The predicted molar refractivity (Wildman–Crippen MR) is 103 cm³/mol. The minimum absolute atomic E-state index is 0.0828. The van der Waals surface area contributed by atoms with E-state index in [0.29, 0.717) is 6.04 Å². The van der Waals surface area contributed by atoms with Gasteiger partial charge in [-0.25, -0.2) is 0 Å². The van der Waals surface area contributed by atoms with Gasteiger partial charge in [-0.05, 0) is 19.0 Å². The van der Waals surface area contributed by atoms with Crippen molar-refractivity contribution in [3.63, 3.8) is 0 Å². The Kier molecular flexibility index (Phi) is 5.44. The van der Waals surface area contributed by atoms with Crippen LogP contribution in [0.2, 0.25) is 65.0 Å². The van der Waals surface area contributed by atoms with Gasteiger partial charge in [0.15, 0.2) is 0 Å². The zero-order chi connectivity index (χ0) is 16.0. The molecular weight excluding hydrogens is 311 g/mol. The Balaban J connectivity index is 3.23. The summed E-state index contributed by atoms with van der Waals surface area (Å²) < 4.78 is 0. The van der Waals surface area contributed by atoms with Crippen molar-refractivity contribution in [2.24, 2.45) is 0 Å². The molecule has 0 amide bonds. The summed E-state index contributed by atoms with van der Waals surface area (Å²) in [5, 5.41) is 14.3. The second-order valence-electron chi connectivity index (χ2n) is 9.78. The number of aliphatic hydroxyl groups is 1. The van der Waals surface area contributed by atoms with E-state index in [2.05, 4.69) is 64.2 Å². The molecule has 2 atom stereocenters. The summed E-state index contributed by atoms with van der Waals surface area (Å²) in [5.74, 6) is 0. The molecule has 1 unspecified atom stereocenters. The maximum absolute atomic E-state index is 10.8. The van der Waals surface area contributed by atoms with Gasteiger partial charge < -0.3 is 10.4 Å². The first-order valence-electron chi connectivity index (χ1n) is 8.15. The van der Waals surface area contributed by atoms with E-state index >= 15 is 0 Å². The van der Waals surface area contributed by atoms with Gasteiger partial charge >= 0.3 is 0 Å². The normalized spacial score (nSPS) is 23.4.